The average molecular weight is 359 g/mol. The molecule has 0 aliphatic heterocycles. The Labute approximate surface area is 147 Å². The molecule has 140 valence electrons. The normalized spacial score (nSPS) is 21.5. The summed E-state index contributed by atoms with van der Waals surface area (Å²) in [6, 6.07) is 0. The molecule has 6 nitrogen and oxygen atoms in total. The molecule has 2 aliphatic rings. The number of guanidine groups is 1. The van der Waals surface area contributed by atoms with Gasteiger partial charge in [-0.15, -0.1) is 0 Å². The lowest BCUT2D eigenvalue weighted by atomic mass is 9.83. The molecule has 2 fully saturated rings. The van der Waals surface area contributed by atoms with Gasteiger partial charge in [-0.1, -0.05) is 26.2 Å². The van der Waals surface area contributed by atoms with Gasteiger partial charge in [0.15, 0.2) is 5.96 Å². The van der Waals surface area contributed by atoms with E-state index >= 15 is 0 Å². The van der Waals surface area contributed by atoms with E-state index in [1.807, 2.05) is 0 Å². The summed E-state index contributed by atoms with van der Waals surface area (Å²) in [4.78, 5) is 4.21. The largest absolute Gasteiger partial charge is 0.356 e. The van der Waals surface area contributed by atoms with Crippen LogP contribution in [0.3, 0.4) is 0 Å². The third kappa shape index (κ3) is 5.92. The number of hydrogen-bond acceptors (Lipinski definition) is 3. The van der Waals surface area contributed by atoms with E-state index in [1.165, 1.54) is 38.5 Å². The van der Waals surface area contributed by atoms with E-state index < -0.39 is 10.0 Å². The fraction of sp³-hybridized carbons (Fsp3) is 0.941. The minimum atomic E-state index is -3.20. The fourth-order valence-corrected chi connectivity index (χ4v) is 4.59. The highest BCUT2D eigenvalue weighted by atomic mass is 32.2. The van der Waals surface area contributed by atoms with Crippen LogP contribution < -0.4 is 15.4 Å². The minimum absolute atomic E-state index is 0.0827. The fourth-order valence-electron chi connectivity index (χ4n) is 3.59. The molecule has 0 aromatic carbocycles. The first-order valence-corrected chi connectivity index (χ1v) is 11.1. The number of rotatable bonds is 9. The van der Waals surface area contributed by atoms with E-state index in [4.69, 9.17) is 0 Å². The topological polar surface area (TPSA) is 82.6 Å². The van der Waals surface area contributed by atoms with E-state index in [0.717, 1.165) is 19.4 Å². The second-order valence-corrected chi connectivity index (χ2v) is 9.30. The van der Waals surface area contributed by atoms with Gasteiger partial charge in [-0.2, -0.15) is 0 Å². The molecule has 0 atom stereocenters. The maximum Gasteiger partial charge on any atom is 0.213 e. The maximum atomic E-state index is 12.0. The Bertz CT molecular complexity index is 509. The van der Waals surface area contributed by atoms with Crippen LogP contribution >= 0.6 is 0 Å². The Balaban J connectivity index is 1.67. The van der Waals surface area contributed by atoms with Gasteiger partial charge in [-0.25, -0.2) is 13.1 Å². The predicted molar refractivity (Wildman–Crippen MR) is 99.7 cm³/mol. The molecule has 0 aromatic heterocycles. The Morgan fingerprint density at radius 2 is 1.88 bits per heavy atom. The molecule has 0 bridgehead atoms. The minimum Gasteiger partial charge on any atom is -0.356 e. The van der Waals surface area contributed by atoms with Crippen LogP contribution in [0.2, 0.25) is 0 Å². The van der Waals surface area contributed by atoms with Gasteiger partial charge in [0.2, 0.25) is 10.0 Å². The van der Waals surface area contributed by atoms with E-state index in [-0.39, 0.29) is 5.75 Å². The van der Waals surface area contributed by atoms with Gasteiger partial charge < -0.3 is 10.6 Å². The Morgan fingerprint density at radius 3 is 2.42 bits per heavy atom. The molecule has 0 radical (unpaired) electrons. The highest BCUT2D eigenvalue weighted by Gasteiger charge is 2.31. The van der Waals surface area contributed by atoms with Crippen molar-refractivity contribution in [1.29, 1.82) is 0 Å². The van der Waals surface area contributed by atoms with Crippen molar-refractivity contribution in [2.45, 2.75) is 58.3 Å². The monoisotopic (exact) mass is 358 g/mol. The zero-order chi connectivity index (χ0) is 17.5. The molecule has 24 heavy (non-hydrogen) atoms. The summed E-state index contributed by atoms with van der Waals surface area (Å²) in [6.07, 6.45) is 9.87. The SMILES string of the molecule is CCC1(CNC(=NC)NCCS(=O)(=O)NCC2CCC2)CCCC1. The standard InChI is InChI=1S/C17H34N4O2S/c1-3-17(9-4-5-10-17)14-20-16(18-2)19-11-12-24(22,23)21-13-15-7-6-8-15/h15,21H,3-14H2,1-2H3,(H2,18,19,20). The van der Waals surface area contributed by atoms with Crippen molar-refractivity contribution in [2.24, 2.45) is 16.3 Å². The van der Waals surface area contributed by atoms with Crippen molar-refractivity contribution in [3.63, 3.8) is 0 Å². The second kappa shape index (κ2) is 9.04. The van der Waals surface area contributed by atoms with Crippen LogP contribution in [-0.4, -0.2) is 46.8 Å². The molecular formula is C17H34N4O2S. The predicted octanol–water partition coefficient (Wildman–Crippen LogP) is 1.84. The van der Waals surface area contributed by atoms with E-state index in [0.29, 0.717) is 30.4 Å². The summed E-state index contributed by atoms with van der Waals surface area (Å²) in [5.74, 6) is 1.32. The van der Waals surface area contributed by atoms with Gasteiger partial charge >= 0.3 is 0 Å². The van der Waals surface area contributed by atoms with Crippen LogP contribution in [-0.2, 0) is 10.0 Å². The van der Waals surface area contributed by atoms with Gasteiger partial charge in [0.1, 0.15) is 0 Å². The third-order valence-electron chi connectivity index (χ3n) is 5.75. The number of hydrogen-bond donors (Lipinski definition) is 3. The number of sulfonamides is 1. The molecule has 0 saturated heterocycles. The van der Waals surface area contributed by atoms with Crippen LogP contribution in [0.5, 0.6) is 0 Å². The summed E-state index contributed by atoms with van der Waals surface area (Å²) in [5.41, 5.74) is 0.383. The highest BCUT2D eigenvalue weighted by molar-refractivity contribution is 7.89. The Morgan fingerprint density at radius 1 is 1.17 bits per heavy atom. The molecule has 0 aromatic rings. The van der Waals surface area contributed by atoms with Crippen LogP contribution in [0.15, 0.2) is 4.99 Å². The molecule has 7 heteroatoms. The number of nitrogens with zero attached hydrogens (tertiary/aromatic N) is 1. The molecule has 2 aliphatic carbocycles. The Kier molecular flexibility index (Phi) is 7.34. The van der Waals surface area contributed by atoms with Crippen molar-refractivity contribution in [3.05, 3.63) is 0 Å². The van der Waals surface area contributed by atoms with Crippen molar-refractivity contribution in [1.82, 2.24) is 15.4 Å². The number of nitrogens with one attached hydrogen (secondary N) is 3. The second-order valence-electron chi connectivity index (χ2n) is 7.38. The van der Waals surface area contributed by atoms with Crippen LogP contribution in [0, 0.1) is 11.3 Å². The summed E-state index contributed by atoms with van der Waals surface area (Å²) < 4.78 is 26.7. The summed E-state index contributed by atoms with van der Waals surface area (Å²) in [6.45, 7) is 4.13. The molecule has 0 amide bonds. The van der Waals surface area contributed by atoms with Crippen LogP contribution in [0.1, 0.15) is 58.3 Å². The van der Waals surface area contributed by atoms with Crippen LogP contribution in [0.4, 0.5) is 0 Å². The van der Waals surface area contributed by atoms with Gasteiger partial charge in [-0.05, 0) is 43.4 Å². The summed E-state index contributed by atoms with van der Waals surface area (Å²) in [5, 5.41) is 6.51. The first-order chi connectivity index (χ1) is 11.5. The molecule has 2 rings (SSSR count). The van der Waals surface area contributed by atoms with E-state index in [9.17, 15) is 8.42 Å². The lowest BCUT2D eigenvalue weighted by molar-refractivity contribution is 0.283. The van der Waals surface area contributed by atoms with Crippen molar-refractivity contribution in [2.75, 3.05) is 32.4 Å². The van der Waals surface area contributed by atoms with Crippen LogP contribution in [0.25, 0.3) is 0 Å². The first kappa shape index (κ1) is 19.5. The molecule has 0 heterocycles. The average Bonchev–Trinajstić information content (AvgIpc) is 2.98. The van der Waals surface area contributed by atoms with Gasteiger partial charge in [0.25, 0.3) is 0 Å². The highest BCUT2D eigenvalue weighted by Crippen LogP contribution is 2.40. The molecule has 3 N–H and O–H groups in total. The van der Waals surface area contributed by atoms with Crippen molar-refractivity contribution >= 4 is 16.0 Å². The Hall–Kier alpha value is -0.820. The lowest BCUT2D eigenvalue weighted by Gasteiger charge is -2.28. The van der Waals surface area contributed by atoms with Gasteiger partial charge in [-0.3, -0.25) is 4.99 Å². The zero-order valence-corrected chi connectivity index (χ0v) is 16.1. The zero-order valence-electron chi connectivity index (χ0n) is 15.2. The number of aliphatic imine (C=N–C) groups is 1. The maximum absolute atomic E-state index is 12.0. The molecule has 0 spiro atoms. The molecular weight excluding hydrogens is 324 g/mol. The van der Waals surface area contributed by atoms with Crippen molar-refractivity contribution in [3.8, 4) is 0 Å². The van der Waals surface area contributed by atoms with Crippen molar-refractivity contribution < 1.29 is 8.42 Å². The van der Waals surface area contributed by atoms with E-state index in [1.54, 1.807) is 7.05 Å². The molecule has 0 unspecified atom stereocenters. The lowest BCUT2D eigenvalue weighted by Crippen LogP contribution is -2.45. The summed E-state index contributed by atoms with van der Waals surface area (Å²) >= 11 is 0. The smallest absolute Gasteiger partial charge is 0.213 e. The molecule has 2 saturated carbocycles. The van der Waals surface area contributed by atoms with E-state index in [2.05, 4.69) is 27.3 Å². The summed E-state index contributed by atoms with van der Waals surface area (Å²) in [7, 11) is -1.47. The van der Waals surface area contributed by atoms with Gasteiger partial charge in [0.05, 0.1) is 5.75 Å². The first-order valence-electron chi connectivity index (χ1n) is 9.40. The quantitative estimate of drug-likeness (QED) is 0.434. The third-order valence-corrected chi connectivity index (χ3v) is 7.10. The van der Waals surface area contributed by atoms with Gasteiger partial charge in [0, 0.05) is 26.7 Å².